The monoisotopic (exact) mass is 179 g/mol. The summed E-state index contributed by atoms with van der Waals surface area (Å²) in [6.45, 7) is 6.63. The van der Waals surface area contributed by atoms with E-state index < -0.39 is 0 Å². The zero-order valence-electron chi connectivity index (χ0n) is 8.09. The lowest BCUT2D eigenvalue weighted by Crippen LogP contribution is -2.52. The van der Waals surface area contributed by atoms with Crippen LogP contribution >= 0.6 is 0 Å². The number of dihydropyridines is 1. The second kappa shape index (κ2) is 3.94. The molecule has 2 heterocycles. The van der Waals surface area contributed by atoms with Gasteiger partial charge in [-0.15, -0.1) is 0 Å². The molecule has 1 atom stereocenters. The molecule has 2 rings (SSSR count). The summed E-state index contributed by atoms with van der Waals surface area (Å²) in [7, 11) is 0. The average Bonchev–Trinajstić information content (AvgIpc) is 2.19. The minimum atomic E-state index is 0.409. The maximum absolute atomic E-state index is 3.36. The Morgan fingerprint density at radius 3 is 2.85 bits per heavy atom. The molecule has 0 amide bonds. The molecule has 72 valence electrons. The van der Waals surface area contributed by atoms with Gasteiger partial charge >= 0.3 is 0 Å². The van der Waals surface area contributed by atoms with Gasteiger partial charge in [-0.2, -0.15) is 0 Å². The number of rotatable bonds is 1. The molecule has 0 saturated carbocycles. The number of allylic oxidation sites excluding steroid dienone is 2. The van der Waals surface area contributed by atoms with Gasteiger partial charge in [0.2, 0.25) is 0 Å². The second-order valence-electron chi connectivity index (χ2n) is 3.64. The molecule has 3 nitrogen and oxygen atoms in total. The Hall–Kier alpha value is -0.800. The molecule has 0 radical (unpaired) electrons. The van der Waals surface area contributed by atoms with Crippen molar-refractivity contribution < 1.29 is 0 Å². The Labute approximate surface area is 79.5 Å². The Bertz CT molecular complexity index is 226. The molecule has 1 unspecified atom stereocenters. The summed E-state index contributed by atoms with van der Waals surface area (Å²) in [5.74, 6) is 0. The van der Waals surface area contributed by atoms with Crippen LogP contribution in [-0.4, -0.2) is 37.2 Å². The molecule has 0 aromatic carbocycles. The van der Waals surface area contributed by atoms with Crippen molar-refractivity contribution in [2.24, 2.45) is 0 Å². The fraction of sp³-hybridized carbons (Fsp3) is 0.600. The molecular weight excluding hydrogens is 162 g/mol. The molecule has 0 aromatic rings. The van der Waals surface area contributed by atoms with E-state index in [1.807, 2.05) is 6.20 Å². The van der Waals surface area contributed by atoms with Gasteiger partial charge in [-0.1, -0.05) is 5.57 Å². The van der Waals surface area contributed by atoms with E-state index >= 15 is 0 Å². The highest BCUT2D eigenvalue weighted by Crippen LogP contribution is 2.08. The lowest BCUT2D eigenvalue weighted by Gasteiger charge is -2.34. The fourth-order valence-electron chi connectivity index (χ4n) is 1.80. The lowest BCUT2D eigenvalue weighted by atomic mass is 10.2. The molecule has 0 spiro atoms. The smallest absolute Gasteiger partial charge is 0.0988 e. The van der Waals surface area contributed by atoms with E-state index in [1.165, 1.54) is 5.57 Å². The lowest BCUT2D eigenvalue weighted by molar-refractivity contribution is 0.186. The van der Waals surface area contributed by atoms with Crippen LogP contribution < -0.4 is 10.6 Å². The van der Waals surface area contributed by atoms with Crippen molar-refractivity contribution in [3.63, 3.8) is 0 Å². The third kappa shape index (κ3) is 2.11. The van der Waals surface area contributed by atoms with Gasteiger partial charge in [0.25, 0.3) is 0 Å². The average molecular weight is 179 g/mol. The zero-order valence-corrected chi connectivity index (χ0v) is 8.09. The van der Waals surface area contributed by atoms with Crippen LogP contribution in [0, 0.1) is 0 Å². The van der Waals surface area contributed by atoms with Gasteiger partial charge in [-0.3, -0.25) is 4.90 Å². The largest absolute Gasteiger partial charge is 0.372 e. The van der Waals surface area contributed by atoms with Crippen LogP contribution in [0.1, 0.15) is 6.92 Å². The van der Waals surface area contributed by atoms with E-state index in [0.29, 0.717) is 6.17 Å². The second-order valence-corrected chi connectivity index (χ2v) is 3.64. The van der Waals surface area contributed by atoms with Crippen molar-refractivity contribution in [3.05, 3.63) is 23.9 Å². The van der Waals surface area contributed by atoms with Crippen molar-refractivity contribution in [3.8, 4) is 0 Å². The minimum absolute atomic E-state index is 0.409. The summed E-state index contributed by atoms with van der Waals surface area (Å²) in [5.41, 5.74) is 1.35. The zero-order chi connectivity index (χ0) is 9.10. The first kappa shape index (κ1) is 8.78. The Morgan fingerprint density at radius 2 is 2.15 bits per heavy atom. The quantitative estimate of drug-likeness (QED) is 0.605. The molecule has 1 fully saturated rings. The highest BCUT2D eigenvalue weighted by Gasteiger charge is 2.18. The van der Waals surface area contributed by atoms with Gasteiger partial charge in [0, 0.05) is 26.2 Å². The van der Waals surface area contributed by atoms with Crippen LogP contribution in [-0.2, 0) is 0 Å². The van der Waals surface area contributed by atoms with Gasteiger partial charge in [0.1, 0.15) is 0 Å². The summed E-state index contributed by atoms with van der Waals surface area (Å²) in [6, 6.07) is 0. The van der Waals surface area contributed by atoms with E-state index in [2.05, 4.69) is 34.6 Å². The normalized spacial score (nSPS) is 29.6. The van der Waals surface area contributed by atoms with Crippen molar-refractivity contribution in [2.45, 2.75) is 13.1 Å². The predicted octanol–water partition coefficient (Wildman–Crippen LogP) is 0.281. The maximum atomic E-state index is 3.36. The van der Waals surface area contributed by atoms with Gasteiger partial charge in [-0.05, 0) is 25.3 Å². The number of hydrogen-bond acceptors (Lipinski definition) is 3. The molecule has 13 heavy (non-hydrogen) atoms. The molecule has 3 heteroatoms. The summed E-state index contributed by atoms with van der Waals surface area (Å²) < 4.78 is 0. The summed E-state index contributed by atoms with van der Waals surface area (Å²) >= 11 is 0. The van der Waals surface area contributed by atoms with Crippen LogP contribution in [0.2, 0.25) is 0 Å². The summed E-state index contributed by atoms with van der Waals surface area (Å²) in [5, 5.41) is 6.72. The summed E-state index contributed by atoms with van der Waals surface area (Å²) in [6.07, 6.45) is 6.85. The Morgan fingerprint density at radius 1 is 1.38 bits per heavy atom. The number of piperazine rings is 1. The van der Waals surface area contributed by atoms with Gasteiger partial charge in [0.15, 0.2) is 0 Å². The Kier molecular flexibility index (Phi) is 2.66. The summed E-state index contributed by atoms with van der Waals surface area (Å²) in [4.78, 5) is 2.46. The first-order valence-electron chi connectivity index (χ1n) is 4.92. The maximum Gasteiger partial charge on any atom is 0.0988 e. The van der Waals surface area contributed by atoms with Gasteiger partial charge < -0.3 is 10.6 Å². The minimum Gasteiger partial charge on any atom is -0.372 e. The van der Waals surface area contributed by atoms with Crippen molar-refractivity contribution >= 4 is 0 Å². The topological polar surface area (TPSA) is 27.3 Å². The Balaban J connectivity index is 1.96. The van der Waals surface area contributed by atoms with Crippen LogP contribution in [0.4, 0.5) is 0 Å². The number of nitrogens with zero attached hydrogens (tertiary/aromatic N) is 1. The molecule has 2 aliphatic rings. The van der Waals surface area contributed by atoms with Crippen LogP contribution in [0.3, 0.4) is 0 Å². The standard InChI is InChI=1S/C10H17N3/c1-9-2-3-12-10(8-9)13-6-4-11-5-7-13/h2-3,8,10-12H,4-7H2,1H3. The van der Waals surface area contributed by atoms with E-state index in [-0.39, 0.29) is 0 Å². The van der Waals surface area contributed by atoms with Crippen molar-refractivity contribution in [2.75, 3.05) is 26.2 Å². The third-order valence-corrected chi connectivity index (χ3v) is 2.58. The van der Waals surface area contributed by atoms with Crippen LogP contribution in [0.5, 0.6) is 0 Å². The molecule has 2 N–H and O–H groups in total. The van der Waals surface area contributed by atoms with Gasteiger partial charge in [0.05, 0.1) is 6.17 Å². The van der Waals surface area contributed by atoms with Crippen molar-refractivity contribution in [1.29, 1.82) is 0 Å². The third-order valence-electron chi connectivity index (χ3n) is 2.58. The molecular formula is C10H17N3. The highest BCUT2D eigenvalue weighted by molar-refractivity contribution is 5.22. The highest BCUT2D eigenvalue weighted by atomic mass is 15.3. The molecule has 0 aromatic heterocycles. The van der Waals surface area contributed by atoms with E-state index in [4.69, 9.17) is 0 Å². The fourth-order valence-corrected chi connectivity index (χ4v) is 1.80. The first-order chi connectivity index (χ1) is 6.36. The molecule has 1 saturated heterocycles. The van der Waals surface area contributed by atoms with E-state index in [0.717, 1.165) is 26.2 Å². The van der Waals surface area contributed by atoms with E-state index in [1.54, 1.807) is 0 Å². The van der Waals surface area contributed by atoms with Gasteiger partial charge in [-0.25, -0.2) is 0 Å². The predicted molar refractivity (Wildman–Crippen MR) is 54.3 cm³/mol. The number of hydrogen-bond donors (Lipinski definition) is 2. The van der Waals surface area contributed by atoms with Crippen LogP contribution in [0.25, 0.3) is 0 Å². The number of nitrogens with one attached hydrogen (secondary N) is 2. The van der Waals surface area contributed by atoms with E-state index in [9.17, 15) is 0 Å². The molecule has 2 aliphatic heterocycles. The van der Waals surface area contributed by atoms with Crippen molar-refractivity contribution in [1.82, 2.24) is 15.5 Å². The van der Waals surface area contributed by atoms with Crippen LogP contribution in [0.15, 0.2) is 23.9 Å². The molecule has 0 bridgehead atoms. The molecule has 0 aliphatic carbocycles. The SMILES string of the molecule is CC1=CC(N2CCNCC2)NC=C1. The first-order valence-corrected chi connectivity index (χ1v) is 4.92.